The van der Waals surface area contributed by atoms with Gasteiger partial charge in [0.1, 0.15) is 24.0 Å². The van der Waals surface area contributed by atoms with Gasteiger partial charge in [0, 0.05) is 12.1 Å². The van der Waals surface area contributed by atoms with Gasteiger partial charge in [0.25, 0.3) is 0 Å². The highest BCUT2D eigenvalue weighted by atomic mass is 32.2. The summed E-state index contributed by atoms with van der Waals surface area (Å²) in [6, 6.07) is 11.2. The summed E-state index contributed by atoms with van der Waals surface area (Å²) in [7, 11) is -3.59. The van der Waals surface area contributed by atoms with Crippen LogP contribution in [0.5, 0.6) is 5.75 Å². The third-order valence-corrected chi connectivity index (χ3v) is 4.16. The third-order valence-electron chi connectivity index (χ3n) is 2.87. The number of sulfonamides is 1. The Morgan fingerprint density at radius 1 is 1.00 bits per heavy atom. The lowest BCUT2D eigenvalue weighted by molar-refractivity contribution is 0.339. The van der Waals surface area contributed by atoms with Crippen LogP contribution in [-0.4, -0.2) is 20.8 Å². The molecule has 0 fully saturated rings. The standard InChI is InChI=1S/C15H15F2NO3S/c16-13-5-7-14(8-6-13)21-9-10-22(19,20)18-11-12-3-1-2-4-15(12)17/h1-8,18H,9-11H2. The Hall–Kier alpha value is -1.99. The van der Waals surface area contributed by atoms with Crippen molar-refractivity contribution in [3.05, 3.63) is 65.7 Å². The molecule has 7 heteroatoms. The second-order valence-electron chi connectivity index (χ2n) is 4.53. The van der Waals surface area contributed by atoms with E-state index in [-0.39, 0.29) is 24.5 Å². The minimum absolute atomic E-state index is 0.0851. The van der Waals surface area contributed by atoms with Crippen molar-refractivity contribution in [3.63, 3.8) is 0 Å². The molecule has 0 radical (unpaired) electrons. The maximum absolute atomic E-state index is 13.4. The van der Waals surface area contributed by atoms with Crippen LogP contribution in [0.2, 0.25) is 0 Å². The molecule has 0 saturated heterocycles. The van der Waals surface area contributed by atoms with Gasteiger partial charge < -0.3 is 4.74 Å². The van der Waals surface area contributed by atoms with Crippen molar-refractivity contribution in [2.75, 3.05) is 12.4 Å². The third kappa shape index (κ3) is 5.09. The molecule has 0 aliphatic carbocycles. The van der Waals surface area contributed by atoms with Crippen LogP contribution in [-0.2, 0) is 16.6 Å². The average Bonchev–Trinajstić information content (AvgIpc) is 2.48. The molecule has 0 aromatic heterocycles. The van der Waals surface area contributed by atoms with E-state index in [4.69, 9.17) is 4.74 Å². The molecule has 22 heavy (non-hydrogen) atoms. The van der Waals surface area contributed by atoms with Crippen LogP contribution in [0, 0.1) is 11.6 Å². The van der Waals surface area contributed by atoms with E-state index in [9.17, 15) is 17.2 Å². The lowest BCUT2D eigenvalue weighted by atomic mass is 10.2. The summed E-state index contributed by atoms with van der Waals surface area (Å²) < 4.78 is 57.2. The van der Waals surface area contributed by atoms with E-state index in [0.29, 0.717) is 5.75 Å². The molecular formula is C15H15F2NO3S. The minimum atomic E-state index is -3.59. The average molecular weight is 327 g/mol. The molecule has 0 atom stereocenters. The summed E-state index contributed by atoms with van der Waals surface area (Å²) in [6.45, 7) is -0.205. The lowest BCUT2D eigenvalue weighted by Gasteiger charge is -2.09. The predicted octanol–water partition coefficient (Wildman–Crippen LogP) is 2.46. The molecule has 0 saturated carbocycles. The molecule has 2 aromatic rings. The Labute approximate surface area is 127 Å². The minimum Gasteiger partial charge on any atom is -0.492 e. The number of ether oxygens (including phenoxy) is 1. The van der Waals surface area contributed by atoms with Crippen molar-refractivity contribution in [2.45, 2.75) is 6.54 Å². The number of benzene rings is 2. The Balaban J connectivity index is 1.81. The Morgan fingerprint density at radius 2 is 1.68 bits per heavy atom. The van der Waals surface area contributed by atoms with Crippen LogP contribution in [0.15, 0.2) is 48.5 Å². The van der Waals surface area contributed by atoms with Crippen molar-refractivity contribution in [1.82, 2.24) is 4.72 Å². The highest BCUT2D eigenvalue weighted by molar-refractivity contribution is 7.89. The zero-order valence-electron chi connectivity index (χ0n) is 11.6. The first-order valence-electron chi connectivity index (χ1n) is 6.55. The number of halogens is 2. The predicted molar refractivity (Wildman–Crippen MR) is 78.9 cm³/mol. The van der Waals surface area contributed by atoms with Crippen molar-refractivity contribution >= 4 is 10.0 Å². The SMILES string of the molecule is O=S(=O)(CCOc1ccc(F)cc1)NCc1ccccc1F. The first-order valence-corrected chi connectivity index (χ1v) is 8.20. The van der Waals surface area contributed by atoms with Gasteiger partial charge in [0.2, 0.25) is 10.0 Å². The Morgan fingerprint density at radius 3 is 2.36 bits per heavy atom. The first-order chi connectivity index (χ1) is 10.5. The summed E-state index contributed by atoms with van der Waals surface area (Å²) >= 11 is 0. The number of rotatable bonds is 7. The van der Waals surface area contributed by atoms with E-state index in [2.05, 4.69) is 4.72 Å². The molecule has 0 heterocycles. The van der Waals surface area contributed by atoms with Gasteiger partial charge in [0.15, 0.2) is 0 Å². The molecule has 0 aliphatic rings. The topological polar surface area (TPSA) is 55.4 Å². The van der Waals surface area contributed by atoms with Gasteiger partial charge in [-0.1, -0.05) is 18.2 Å². The Bertz CT molecular complexity index is 718. The lowest BCUT2D eigenvalue weighted by Crippen LogP contribution is -2.29. The van der Waals surface area contributed by atoms with Gasteiger partial charge in [-0.3, -0.25) is 0 Å². The van der Waals surface area contributed by atoms with Crippen molar-refractivity contribution < 1.29 is 21.9 Å². The van der Waals surface area contributed by atoms with Gasteiger partial charge in [-0.2, -0.15) is 0 Å². The van der Waals surface area contributed by atoms with Gasteiger partial charge in [-0.25, -0.2) is 21.9 Å². The monoisotopic (exact) mass is 327 g/mol. The molecule has 0 aliphatic heterocycles. The highest BCUT2D eigenvalue weighted by Gasteiger charge is 2.11. The van der Waals surface area contributed by atoms with Gasteiger partial charge >= 0.3 is 0 Å². The number of hydrogen-bond donors (Lipinski definition) is 1. The van der Waals surface area contributed by atoms with Crippen molar-refractivity contribution in [3.8, 4) is 5.75 Å². The normalized spacial score (nSPS) is 11.4. The van der Waals surface area contributed by atoms with Crippen LogP contribution in [0.4, 0.5) is 8.78 Å². The summed E-state index contributed by atoms with van der Waals surface area (Å²) in [4.78, 5) is 0. The van der Waals surface area contributed by atoms with E-state index in [1.807, 2.05) is 0 Å². The molecule has 1 N–H and O–H groups in total. The maximum Gasteiger partial charge on any atom is 0.215 e. The van der Waals surface area contributed by atoms with Crippen LogP contribution < -0.4 is 9.46 Å². The van der Waals surface area contributed by atoms with Gasteiger partial charge in [0.05, 0.1) is 5.75 Å². The molecule has 118 valence electrons. The molecule has 0 spiro atoms. The molecular weight excluding hydrogens is 312 g/mol. The fraction of sp³-hybridized carbons (Fsp3) is 0.200. The van der Waals surface area contributed by atoms with Crippen LogP contribution in [0.1, 0.15) is 5.56 Å². The van der Waals surface area contributed by atoms with E-state index in [1.54, 1.807) is 6.07 Å². The molecule has 0 unspecified atom stereocenters. The van der Waals surface area contributed by atoms with Crippen molar-refractivity contribution in [2.24, 2.45) is 0 Å². The van der Waals surface area contributed by atoms with Crippen LogP contribution >= 0.6 is 0 Å². The fourth-order valence-electron chi connectivity index (χ4n) is 1.70. The summed E-state index contributed by atoms with van der Waals surface area (Å²) in [5, 5.41) is 0. The molecule has 0 amide bonds. The Kier molecular flexibility index (Phi) is 5.46. The smallest absolute Gasteiger partial charge is 0.215 e. The largest absolute Gasteiger partial charge is 0.492 e. The molecule has 2 aromatic carbocycles. The van der Waals surface area contributed by atoms with Gasteiger partial charge in [-0.05, 0) is 30.3 Å². The van der Waals surface area contributed by atoms with E-state index >= 15 is 0 Å². The zero-order chi connectivity index (χ0) is 16.0. The van der Waals surface area contributed by atoms with Crippen LogP contribution in [0.3, 0.4) is 0 Å². The maximum atomic E-state index is 13.4. The summed E-state index contributed by atoms with van der Waals surface area (Å²) in [5.74, 6) is -0.760. The van der Waals surface area contributed by atoms with Gasteiger partial charge in [-0.15, -0.1) is 0 Å². The van der Waals surface area contributed by atoms with Crippen molar-refractivity contribution in [1.29, 1.82) is 0 Å². The summed E-state index contributed by atoms with van der Waals surface area (Å²) in [6.07, 6.45) is 0. The second kappa shape index (κ2) is 7.33. The van der Waals surface area contributed by atoms with E-state index in [1.165, 1.54) is 42.5 Å². The quantitative estimate of drug-likeness (QED) is 0.850. The molecule has 0 bridgehead atoms. The number of nitrogens with one attached hydrogen (secondary N) is 1. The molecule has 4 nitrogen and oxygen atoms in total. The summed E-state index contributed by atoms with van der Waals surface area (Å²) in [5.41, 5.74) is 0.269. The van der Waals surface area contributed by atoms with E-state index in [0.717, 1.165) is 0 Å². The van der Waals surface area contributed by atoms with E-state index < -0.39 is 21.7 Å². The molecule has 2 rings (SSSR count). The fourth-order valence-corrected chi connectivity index (χ4v) is 2.52. The number of hydrogen-bond acceptors (Lipinski definition) is 3. The highest BCUT2D eigenvalue weighted by Crippen LogP contribution is 2.11. The van der Waals surface area contributed by atoms with Crippen LogP contribution in [0.25, 0.3) is 0 Å². The second-order valence-corrected chi connectivity index (χ2v) is 6.46. The zero-order valence-corrected chi connectivity index (χ0v) is 12.4. The first kappa shape index (κ1) is 16.4.